The Bertz CT molecular complexity index is 620. The number of benzene rings is 1. The highest BCUT2D eigenvalue weighted by Crippen LogP contribution is 2.30. The van der Waals surface area contributed by atoms with Crippen molar-refractivity contribution in [1.29, 1.82) is 0 Å². The number of nitrogens with zero attached hydrogens (tertiary/aromatic N) is 2. The first-order chi connectivity index (χ1) is 11.2. The van der Waals surface area contributed by atoms with Crippen LogP contribution < -0.4 is 9.64 Å². The monoisotopic (exact) mass is 394 g/mol. The maximum Gasteiger partial charge on any atom is 0.274 e. The molecule has 2 heterocycles. The first-order valence-corrected chi connectivity index (χ1v) is 9.88. The Labute approximate surface area is 150 Å². The van der Waals surface area contributed by atoms with Gasteiger partial charge in [0.25, 0.3) is 5.19 Å². The molecular weight excluding hydrogens is 372 g/mol. The van der Waals surface area contributed by atoms with E-state index in [1.807, 2.05) is 0 Å². The Morgan fingerprint density at radius 2 is 2.00 bits per heavy atom. The highest BCUT2D eigenvalue weighted by atomic mass is 79.9. The molecule has 124 valence electrons. The summed E-state index contributed by atoms with van der Waals surface area (Å²) < 4.78 is 7.02. The van der Waals surface area contributed by atoms with Crippen LogP contribution in [0.25, 0.3) is 0 Å². The Balaban J connectivity index is 1.52. The summed E-state index contributed by atoms with van der Waals surface area (Å²) in [5.41, 5.74) is 2.75. The number of aryl methyl sites for hydroxylation is 1. The maximum absolute atomic E-state index is 6.00. The average Bonchev–Trinajstić information content (AvgIpc) is 3.00. The van der Waals surface area contributed by atoms with Crippen molar-refractivity contribution in [2.75, 3.05) is 18.0 Å². The maximum atomic E-state index is 6.00. The van der Waals surface area contributed by atoms with Crippen LogP contribution >= 0.6 is 27.3 Å². The molecule has 1 aromatic heterocycles. The van der Waals surface area contributed by atoms with Crippen molar-refractivity contribution in [2.24, 2.45) is 5.92 Å². The molecule has 23 heavy (non-hydrogen) atoms. The fourth-order valence-electron chi connectivity index (χ4n) is 3.12. The van der Waals surface area contributed by atoms with Gasteiger partial charge in [0, 0.05) is 18.8 Å². The summed E-state index contributed by atoms with van der Waals surface area (Å²) >= 11 is 4.99. The van der Waals surface area contributed by atoms with Crippen LogP contribution in [0, 0.1) is 5.92 Å². The predicted octanol–water partition coefficient (Wildman–Crippen LogP) is 5.15. The molecule has 3 rings (SSSR count). The zero-order valence-corrected chi connectivity index (χ0v) is 16.1. The second-order valence-corrected chi connectivity index (χ2v) is 8.47. The number of rotatable bonds is 5. The van der Waals surface area contributed by atoms with Crippen LogP contribution in [0.1, 0.15) is 32.3 Å². The highest BCUT2D eigenvalue weighted by Gasteiger charge is 2.25. The van der Waals surface area contributed by atoms with E-state index in [1.165, 1.54) is 24.1 Å². The standard InChI is InChI=1S/C18H23BrN2OS/c1-3-14-4-6-16(7-5-14)21-10-8-15(9-11-21)13(2)22-18-20-12-17(19)23-18/h4-7,12-13,15H,3,8-11H2,1-2H3/t13-/m0/s1. The number of thiazole rings is 1. The molecule has 1 fully saturated rings. The van der Waals surface area contributed by atoms with Gasteiger partial charge >= 0.3 is 0 Å². The van der Waals surface area contributed by atoms with Crippen molar-refractivity contribution in [2.45, 2.75) is 39.2 Å². The smallest absolute Gasteiger partial charge is 0.274 e. The van der Waals surface area contributed by atoms with Gasteiger partial charge in [0.1, 0.15) is 6.10 Å². The van der Waals surface area contributed by atoms with E-state index in [-0.39, 0.29) is 6.10 Å². The molecule has 0 N–H and O–H groups in total. The highest BCUT2D eigenvalue weighted by molar-refractivity contribution is 9.11. The van der Waals surface area contributed by atoms with E-state index in [0.29, 0.717) is 5.92 Å². The van der Waals surface area contributed by atoms with E-state index < -0.39 is 0 Å². The van der Waals surface area contributed by atoms with E-state index in [2.05, 4.69) is 63.9 Å². The number of anilines is 1. The molecule has 3 nitrogen and oxygen atoms in total. The fraction of sp³-hybridized carbons (Fsp3) is 0.500. The van der Waals surface area contributed by atoms with Gasteiger partial charge in [-0.15, -0.1) is 0 Å². The lowest BCUT2D eigenvalue weighted by molar-refractivity contribution is 0.132. The molecule has 0 bridgehead atoms. The minimum absolute atomic E-state index is 0.220. The number of piperidine rings is 1. The summed E-state index contributed by atoms with van der Waals surface area (Å²) in [6, 6.07) is 9.00. The van der Waals surface area contributed by atoms with Crippen molar-refractivity contribution in [3.8, 4) is 5.19 Å². The average molecular weight is 395 g/mol. The quantitative estimate of drug-likeness (QED) is 0.700. The number of hydrogen-bond donors (Lipinski definition) is 0. The van der Waals surface area contributed by atoms with Gasteiger partial charge in [0.15, 0.2) is 0 Å². The first kappa shape index (κ1) is 16.8. The Hall–Kier alpha value is -1.07. The molecule has 0 aliphatic carbocycles. The lowest BCUT2D eigenvalue weighted by Crippen LogP contribution is -2.38. The summed E-state index contributed by atoms with van der Waals surface area (Å²) in [6.45, 7) is 6.57. The van der Waals surface area contributed by atoms with E-state index in [0.717, 1.165) is 28.5 Å². The molecule has 0 saturated carbocycles. The number of halogens is 1. The molecule has 0 radical (unpaired) electrons. The van der Waals surface area contributed by atoms with E-state index in [1.54, 1.807) is 17.5 Å². The lowest BCUT2D eigenvalue weighted by Gasteiger charge is -2.35. The van der Waals surface area contributed by atoms with Gasteiger partial charge in [-0.1, -0.05) is 30.4 Å². The fourth-order valence-corrected chi connectivity index (χ4v) is 4.21. The van der Waals surface area contributed by atoms with Crippen LogP contribution in [0.5, 0.6) is 5.19 Å². The molecule has 1 aliphatic heterocycles. The number of hydrogen-bond acceptors (Lipinski definition) is 4. The molecule has 0 unspecified atom stereocenters. The zero-order chi connectivity index (χ0) is 16.2. The number of ether oxygens (including phenoxy) is 1. The molecule has 5 heteroatoms. The van der Waals surface area contributed by atoms with E-state index in [4.69, 9.17) is 4.74 Å². The Morgan fingerprint density at radius 3 is 2.57 bits per heavy atom. The van der Waals surface area contributed by atoms with E-state index >= 15 is 0 Å². The molecule has 1 saturated heterocycles. The first-order valence-electron chi connectivity index (χ1n) is 8.27. The third kappa shape index (κ3) is 4.27. The van der Waals surface area contributed by atoms with Gasteiger partial charge in [0.05, 0.1) is 9.98 Å². The Kier molecular flexibility index (Phi) is 5.59. The van der Waals surface area contributed by atoms with Crippen LogP contribution in [-0.2, 0) is 6.42 Å². The zero-order valence-electron chi connectivity index (χ0n) is 13.7. The normalized spacial score (nSPS) is 17.3. The molecule has 1 aromatic carbocycles. The largest absolute Gasteiger partial charge is 0.467 e. The molecule has 1 atom stereocenters. The van der Waals surface area contributed by atoms with Gasteiger partial charge in [-0.25, -0.2) is 4.98 Å². The molecule has 1 aliphatic rings. The molecular formula is C18H23BrN2OS. The van der Waals surface area contributed by atoms with Gasteiger partial charge in [-0.2, -0.15) is 0 Å². The van der Waals surface area contributed by atoms with Crippen molar-refractivity contribution in [1.82, 2.24) is 4.98 Å². The SMILES string of the molecule is CCc1ccc(N2CCC([C@H](C)Oc3ncc(Br)s3)CC2)cc1. The van der Waals surface area contributed by atoms with Gasteiger partial charge in [-0.05, 0) is 65.7 Å². The third-order valence-electron chi connectivity index (χ3n) is 4.66. The van der Waals surface area contributed by atoms with Crippen LogP contribution in [-0.4, -0.2) is 24.2 Å². The Morgan fingerprint density at radius 1 is 1.30 bits per heavy atom. The minimum atomic E-state index is 0.220. The molecule has 0 spiro atoms. The summed E-state index contributed by atoms with van der Waals surface area (Å²) in [6.07, 6.45) is 5.46. The van der Waals surface area contributed by atoms with Crippen LogP contribution in [0.3, 0.4) is 0 Å². The second-order valence-electron chi connectivity index (χ2n) is 6.10. The van der Waals surface area contributed by atoms with Crippen molar-refractivity contribution in [3.05, 3.63) is 39.8 Å². The van der Waals surface area contributed by atoms with Crippen LogP contribution in [0.2, 0.25) is 0 Å². The minimum Gasteiger partial charge on any atom is -0.467 e. The van der Waals surface area contributed by atoms with Crippen LogP contribution in [0.15, 0.2) is 34.2 Å². The lowest BCUT2D eigenvalue weighted by atomic mass is 9.91. The summed E-state index contributed by atoms with van der Waals surface area (Å²) in [7, 11) is 0. The second kappa shape index (κ2) is 7.67. The van der Waals surface area contributed by atoms with Crippen molar-refractivity contribution >= 4 is 33.0 Å². The van der Waals surface area contributed by atoms with E-state index in [9.17, 15) is 0 Å². The van der Waals surface area contributed by atoms with Crippen molar-refractivity contribution in [3.63, 3.8) is 0 Å². The summed E-state index contributed by atoms with van der Waals surface area (Å²) in [4.78, 5) is 6.76. The summed E-state index contributed by atoms with van der Waals surface area (Å²) in [5, 5.41) is 0.766. The summed E-state index contributed by atoms with van der Waals surface area (Å²) in [5.74, 6) is 0.601. The van der Waals surface area contributed by atoms with Crippen molar-refractivity contribution < 1.29 is 4.74 Å². The van der Waals surface area contributed by atoms with Gasteiger partial charge in [0.2, 0.25) is 0 Å². The topological polar surface area (TPSA) is 25.4 Å². The van der Waals surface area contributed by atoms with Crippen LogP contribution in [0.4, 0.5) is 5.69 Å². The number of aromatic nitrogens is 1. The molecule has 0 amide bonds. The van der Waals surface area contributed by atoms with Gasteiger partial charge in [-0.3, -0.25) is 0 Å². The predicted molar refractivity (Wildman–Crippen MR) is 101 cm³/mol. The van der Waals surface area contributed by atoms with Gasteiger partial charge < -0.3 is 9.64 Å². The third-order valence-corrected chi connectivity index (χ3v) is 6.02. The molecule has 2 aromatic rings.